The molecule has 0 spiro atoms. The minimum absolute atomic E-state index is 0.0898. The predicted octanol–water partition coefficient (Wildman–Crippen LogP) is 3.66. The molecule has 3 heterocycles. The van der Waals surface area contributed by atoms with E-state index < -0.39 is 0 Å². The van der Waals surface area contributed by atoms with Crippen molar-refractivity contribution in [3.8, 4) is 6.01 Å². The fourth-order valence-electron chi connectivity index (χ4n) is 4.72. The molecule has 0 radical (unpaired) electrons. The molecule has 3 aliphatic rings. The summed E-state index contributed by atoms with van der Waals surface area (Å²) in [6, 6.07) is 8.89. The first-order valence-electron chi connectivity index (χ1n) is 12.1. The Morgan fingerprint density at radius 1 is 1.06 bits per heavy atom. The number of rotatable bonds is 7. The van der Waals surface area contributed by atoms with Crippen LogP contribution >= 0.6 is 0 Å². The van der Waals surface area contributed by atoms with Crippen molar-refractivity contribution in [2.24, 2.45) is 0 Å². The second kappa shape index (κ2) is 10.3. The van der Waals surface area contributed by atoms with Crippen molar-refractivity contribution >= 4 is 23.2 Å². The van der Waals surface area contributed by atoms with Gasteiger partial charge in [-0.15, -0.1) is 0 Å². The minimum atomic E-state index is -0.0898. The van der Waals surface area contributed by atoms with Crippen LogP contribution in [0.2, 0.25) is 0 Å². The molecule has 8 heteroatoms. The zero-order valence-electron chi connectivity index (χ0n) is 19.5. The molecule has 1 aromatic carbocycles. The number of allylic oxidation sites excluding steroid dienone is 2. The van der Waals surface area contributed by atoms with Crippen LogP contribution in [0.15, 0.2) is 48.1 Å². The predicted molar refractivity (Wildman–Crippen MR) is 134 cm³/mol. The molecule has 0 bridgehead atoms. The van der Waals surface area contributed by atoms with Crippen molar-refractivity contribution in [2.45, 2.75) is 45.2 Å². The van der Waals surface area contributed by atoms with Gasteiger partial charge >= 0.3 is 6.01 Å². The average molecular weight is 461 g/mol. The lowest BCUT2D eigenvalue weighted by atomic mass is 10.1. The summed E-state index contributed by atoms with van der Waals surface area (Å²) in [5.74, 6) is 0.732. The molecule has 1 saturated heterocycles. The number of nitrogen functional groups attached to an aromatic ring is 1. The molecule has 3 N–H and O–H groups in total. The summed E-state index contributed by atoms with van der Waals surface area (Å²) in [5.41, 5.74) is 10.3. The Morgan fingerprint density at radius 2 is 1.88 bits per heavy atom. The third kappa shape index (κ3) is 5.39. The molecule has 2 aromatic rings. The highest BCUT2D eigenvalue weighted by atomic mass is 16.5. The molecule has 1 aliphatic carbocycles. The highest BCUT2D eigenvalue weighted by Gasteiger charge is 2.25. The summed E-state index contributed by atoms with van der Waals surface area (Å²) in [5, 5.41) is 2.88. The van der Waals surface area contributed by atoms with Gasteiger partial charge in [0.15, 0.2) is 11.6 Å². The van der Waals surface area contributed by atoms with E-state index in [1.54, 1.807) is 0 Å². The van der Waals surface area contributed by atoms with Crippen LogP contribution in [0.4, 0.5) is 17.3 Å². The number of carbonyl (C=O) groups excluding carboxylic acids is 1. The maximum Gasteiger partial charge on any atom is 0.320 e. The van der Waals surface area contributed by atoms with E-state index in [2.05, 4.69) is 67.6 Å². The van der Waals surface area contributed by atoms with Crippen molar-refractivity contribution in [1.29, 1.82) is 0 Å². The van der Waals surface area contributed by atoms with E-state index in [0.717, 1.165) is 25.0 Å². The van der Waals surface area contributed by atoms with Crippen molar-refractivity contribution in [1.82, 2.24) is 14.9 Å². The number of aromatic nitrogens is 2. The fraction of sp³-hybridized carbons (Fsp3) is 0.423. The van der Waals surface area contributed by atoms with Crippen LogP contribution in [-0.2, 0) is 17.9 Å². The molecule has 0 saturated carbocycles. The van der Waals surface area contributed by atoms with Crippen LogP contribution < -0.4 is 20.7 Å². The van der Waals surface area contributed by atoms with E-state index in [0.29, 0.717) is 37.6 Å². The Hall–Kier alpha value is -3.39. The third-order valence-corrected chi connectivity index (χ3v) is 6.48. The molecule has 1 fully saturated rings. The molecule has 1 amide bonds. The third-order valence-electron chi connectivity index (χ3n) is 6.48. The number of ether oxygens (including phenoxy) is 1. The molecular weight excluding hydrogens is 428 g/mol. The Morgan fingerprint density at radius 3 is 2.68 bits per heavy atom. The van der Waals surface area contributed by atoms with Crippen LogP contribution in [0, 0.1) is 0 Å². The van der Waals surface area contributed by atoms with Gasteiger partial charge < -0.3 is 20.7 Å². The standard InChI is InChI=1S/C26H32N6O2/c27-24-23-25(30-26(29-24)34-18-19-7-2-1-3-8-19)32(14-11-22(33)28-23)17-21-10-6-9-20(15-21)16-31-12-4-5-13-31/h2,6-10,15H,1,3-5,11-14,16-18H2,(H,28,33)(H2,27,29,30). The Balaban J connectivity index is 1.37. The number of nitrogens with zero attached hydrogens (tertiary/aromatic N) is 4. The zero-order chi connectivity index (χ0) is 23.3. The van der Waals surface area contributed by atoms with E-state index in [9.17, 15) is 4.79 Å². The normalized spacial score (nSPS) is 18.3. The minimum Gasteiger partial charge on any atom is -0.458 e. The Kier molecular flexibility index (Phi) is 6.76. The quantitative estimate of drug-likeness (QED) is 0.651. The van der Waals surface area contributed by atoms with Gasteiger partial charge in [-0.05, 0) is 55.5 Å². The second-order valence-corrected chi connectivity index (χ2v) is 9.16. The number of carbonyl (C=O) groups is 1. The molecule has 34 heavy (non-hydrogen) atoms. The molecule has 1 aromatic heterocycles. The van der Waals surface area contributed by atoms with Crippen LogP contribution in [0.25, 0.3) is 0 Å². The average Bonchev–Trinajstić information content (AvgIpc) is 3.30. The zero-order valence-corrected chi connectivity index (χ0v) is 19.5. The van der Waals surface area contributed by atoms with E-state index >= 15 is 0 Å². The van der Waals surface area contributed by atoms with Gasteiger partial charge in [0.2, 0.25) is 5.91 Å². The maximum atomic E-state index is 12.4. The summed E-state index contributed by atoms with van der Waals surface area (Å²) in [7, 11) is 0. The summed E-state index contributed by atoms with van der Waals surface area (Å²) in [6.07, 6.45) is 11.4. The van der Waals surface area contributed by atoms with E-state index in [1.807, 2.05) is 0 Å². The Bertz CT molecular complexity index is 1110. The van der Waals surface area contributed by atoms with Crippen LogP contribution in [0.5, 0.6) is 6.01 Å². The van der Waals surface area contributed by atoms with Crippen LogP contribution in [0.3, 0.4) is 0 Å². The lowest BCUT2D eigenvalue weighted by molar-refractivity contribution is -0.115. The van der Waals surface area contributed by atoms with Crippen molar-refractivity contribution in [3.63, 3.8) is 0 Å². The van der Waals surface area contributed by atoms with E-state index in [1.165, 1.54) is 37.1 Å². The fourth-order valence-corrected chi connectivity index (χ4v) is 4.72. The molecule has 0 unspecified atom stereocenters. The molecule has 2 aliphatic heterocycles. The van der Waals surface area contributed by atoms with Gasteiger partial charge in [-0.2, -0.15) is 9.97 Å². The number of nitrogens with two attached hydrogens (primary N) is 1. The van der Waals surface area contributed by atoms with Crippen LogP contribution in [0.1, 0.15) is 43.2 Å². The molecular formula is C26H32N6O2. The first-order valence-corrected chi connectivity index (χ1v) is 12.1. The van der Waals surface area contributed by atoms with E-state index in [-0.39, 0.29) is 17.7 Å². The SMILES string of the molecule is Nc1nc(OCC2=CCCC=C2)nc2c1NC(=O)CCN2Cc1cccc(CN2CCCC2)c1. The van der Waals surface area contributed by atoms with Gasteiger partial charge in [0.25, 0.3) is 0 Å². The summed E-state index contributed by atoms with van der Waals surface area (Å²) < 4.78 is 5.89. The number of benzene rings is 1. The number of hydrogen-bond donors (Lipinski definition) is 2. The van der Waals surface area contributed by atoms with Gasteiger partial charge in [0.1, 0.15) is 12.3 Å². The summed E-state index contributed by atoms with van der Waals surface area (Å²) in [6.45, 7) is 4.87. The summed E-state index contributed by atoms with van der Waals surface area (Å²) in [4.78, 5) is 25.9. The molecule has 0 atom stereocenters. The lowest BCUT2D eigenvalue weighted by Gasteiger charge is -2.24. The molecule has 5 rings (SSSR count). The number of amides is 1. The summed E-state index contributed by atoms with van der Waals surface area (Å²) >= 11 is 0. The maximum absolute atomic E-state index is 12.4. The Labute approximate surface area is 200 Å². The molecule has 8 nitrogen and oxygen atoms in total. The van der Waals surface area contributed by atoms with Crippen LogP contribution in [-0.4, -0.2) is 47.0 Å². The highest BCUT2D eigenvalue weighted by Crippen LogP contribution is 2.34. The molecule has 178 valence electrons. The monoisotopic (exact) mass is 460 g/mol. The van der Waals surface area contributed by atoms with Crippen molar-refractivity contribution in [3.05, 3.63) is 59.2 Å². The largest absolute Gasteiger partial charge is 0.458 e. The number of likely N-dealkylation sites (tertiary alicyclic amines) is 1. The second-order valence-electron chi connectivity index (χ2n) is 9.16. The first kappa shape index (κ1) is 22.4. The highest BCUT2D eigenvalue weighted by molar-refractivity contribution is 5.98. The lowest BCUT2D eigenvalue weighted by Crippen LogP contribution is -2.25. The van der Waals surface area contributed by atoms with Gasteiger partial charge in [0.05, 0.1) is 0 Å². The van der Waals surface area contributed by atoms with Gasteiger partial charge in [-0.1, -0.05) is 42.5 Å². The van der Waals surface area contributed by atoms with Gasteiger partial charge in [-0.3, -0.25) is 9.69 Å². The number of fused-ring (bicyclic) bond motifs is 1. The number of nitrogens with one attached hydrogen (secondary N) is 1. The number of anilines is 3. The van der Waals surface area contributed by atoms with Gasteiger partial charge in [0, 0.05) is 26.1 Å². The van der Waals surface area contributed by atoms with Crippen molar-refractivity contribution in [2.75, 3.05) is 42.2 Å². The van der Waals surface area contributed by atoms with Crippen molar-refractivity contribution < 1.29 is 9.53 Å². The van der Waals surface area contributed by atoms with E-state index in [4.69, 9.17) is 10.5 Å². The topological polar surface area (TPSA) is 96.6 Å². The smallest absolute Gasteiger partial charge is 0.320 e. The van der Waals surface area contributed by atoms with Gasteiger partial charge in [-0.25, -0.2) is 0 Å². The number of hydrogen-bond acceptors (Lipinski definition) is 7. The first-order chi connectivity index (χ1) is 16.6.